The minimum Gasteiger partial charge on any atom is -0.481 e. The Kier molecular flexibility index (Phi) is 23.9. The quantitative estimate of drug-likeness (QED) is 0.136. The topological polar surface area (TPSA) is 54.4 Å². The van der Waals surface area contributed by atoms with Crippen molar-refractivity contribution in [2.24, 2.45) is 0 Å². The molecule has 0 aromatic rings. The van der Waals surface area contributed by atoms with Crippen LogP contribution in [0.25, 0.3) is 0 Å². The van der Waals surface area contributed by atoms with Crippen LogP contribution in [0.2, 0.25) is 0 Å². The van der Waals surface area contributed by atoms with Gasteiger partial charge in [-0.25, -0.2) is 0 Å². The van der Waals surface area contributed by atoms with Crippen molar-refractivity contribution in [3.8, 4) is 0 Å². The van der Waals surface area contributed by atoms with Crippen LogP contribution in [0.4, 0.5) is 0 Å². The van der Waals surface area contributed by atoms with E-state index >= 15 is 0 Å². The highest BCUT2D eigenvalue weighted by molar-refractivity contribution is 5.95. The second kappa shape index (κ2) is 22.5. The van der Waals surface area contributed by atoms with Gasteiger partial charge in [0, 0.05) is 6.42 Å². The SMILES string of the molecule is CCCCCCCCCCCCCCCCC=CCC(=O)CC(=O)O.[AlH3]. The molecule has 0 saturated carbocycles. The summed E-state index contributed by atoms with van der Waals surface area (Å²) in [4.78, 5) is 21.5. The number of carboxylic acid groups (broad SMARTS) is 1. The van der Waals surface area contributed by atoms with Crippen LogP contribution in [0, 0.1) is 0 Å². The van der Waals surface area contributed by atoms with Crippen molar-refractivity contribution < 1.29 is 14.7 Å². The maximum atomic E-state index is 11.2. The van der Waals surface area contributed by atoms with Crippen molar-refractivity contribution in [3.63, 3.8) is 0 Å². The Balaban J connectivity index is 0. The molecule has 3 nitrogen and oxygen atoms in total. The number of aliphatic carboxylic acids is 1. The highest BCUT2D eigenvalue weighted by Crippen LogP contribution is 2.13. The summed E-state index contributed by atoms with van der Waals surface area (Å²) < 4.78 is 0. The molecule has 0 bridgehead atoms. The highest BCUT2D eigenvalue weighted by Gasteiger charge is 2.04. The number of Topliss-reactive ketones (excluding diaryl/α,β-unsaturated/α-hetero) is 1. The Labute approximate surface area is 172 Å². The lowest BCUT2D eigenvalue weighted by Gasteiger charge is -2.02. The molecule has 0 fully saturated rings. The van der Waals surface area contributed by atoms with E-state index in [1.165, 1.54) is 89.9 Å². The fourth-order valence-corrected chi connectivity index (χ4v) is 3.03. The van der Waals surface area contributed by atoms with Crippen molar-refractivity contribution >= 4 is 29.1 Å². The van der Waals surface area contributed by atoms with E-state index in [1.54, 1.807) is 0 Å². The molecule has 0 aliphatic rings. The molecule has 0 aliphatic heterocycles. The predicted octanol–water partition coefficient (Wildman–Crippen LogP) is 5.66. The van der Waals surface area contributed by atoms with Crippen LogP contribution in [0.1, 0.15) is 116 Å². The number of rotatable bonds is 19. The number of carboxylic acids is 1. The first-order valence-corrected chi connectivity index (χ1v) is 10.5. The second-order valence-corrected chi connectivity index (χ2v) is 7.17. The average Bonchev–Trinajstić information content (AvgIpc) is 2.57. The molecule has 26 heavy (non-hydrogen) atoms. The standard InChI is InChI=1S/C22H40O3.Al.3H/c1-2-3-4-5-6-7-8-9-10-11-12-13-14-15-16-17-18-19-21(23)20-22(24)25;;;;/h17-18H,2-16,19-20H2,1H3,(H,24,25);;;;. The number of carbonyl (C=O) groups excluding carboxylic acids is 1. The van der Waals surface area contributed by atoms with Crippen molar-refractivity contribution in [2.75, 3.05) is 0 Å². The van der Waals surface area contributed by atoms with Gasteiger partial charge < -0.3 is 5.11 Å². The Bertz CT molecular complexity index is 353. The molecule has 152 valence electrons. The first-order chi connectivity index (χ1) is 12.2. The largest absolute Gasteiger partial charge is 0.481 e. The third-order valence-electron chi connectivity index (χ3n) is 4.58. The zero-order valence-electron chi connectivity index (χ0n) is 16.4. The van der Waals surface area contributed by atoms with E-state index < -0.39 is 5.97 Å². The molecule has 0 aromatic carbocycles. The van der Waals surface area contributed by atoms with Gasteiger partial charge in [-0.1, -0.05) is 103 Å². The molecule has 0 atom stereocenters. The Hall–Kier alpha value is -0.588. The number of ketones is 1. The molecule has 0 spiro atoms. The van der Waals surface area contributed by atoms with Crippen LogP contribution < -0.4 is 0 Å². The summed E-state index contributed by atoms with van der Waals surface area (Å²) in [7, 11) is 0. The second-order valence-electron chi connectivity index (χ2n) is 7.17. The van der Waals surface area contributed by atoms with E-state index in [4.69, 9.17) is 5.11 Å². The van der Waals surface area contributed by atoms with E-state index in [-0.39, 0.29) is 36.0 Å². The minimum atomic E-state index is -1.04. The first kappa shape index (κ1) is 27.6. The van der Waals surface area contributed by atoms with E-state index in [9.17, 15) is 9.59 Å². The van der Waals surface area contributed by atoms with Gasteiger partial charge in [0.05, 0.1) is 0 Å². The highest BCUT2D eigenvalue weighted by atomic mass is 27.0. The third kappa shape index (κ3) is 23.4. The third-order valence-corrected chi connectivity index (χ3v) is 4.58. The van der Waals surface area contributed by atoms with Gasteiger partial charge in [0.2, 0.25) is 0 Å². The zero-order valence-corrected chi connectivity index (χ0v) is 16.4. The van der Waals surface area contributed by atoms with Gasteiger partial charge in [-0.3, -0.25) is 9.59 Å². The molecule has 0 rings (SSSR count). The minimum absolute atomic E-state index is 0. The Morgan fingerprint density at radius 2 is 1.12 bits per heavy atom. The first-order valence-electron chi connectivity index (χ1n) is 10.5. The molecule has 1 N–H and O–H groups in total. The van der Waals surface area contributed by atoms with Gasteiger partial charge >= 0.3 is 5.97 Å². The summed E-state index contributed by atoms with van der Waals surface area (Å²) in [5.74, 6) is -1.25. The summed E-state index contributed by atoms with van der Waals surface area (Å²) in [5, 5.41) is 8.48. The number of hydrogen-bond donors (Lipinski definition) is 1. The molecule has 0 aromatic heterocycles. The van der Waals surface area contributed by atoms with Crippen LogP contribution >= 0.6 is 0 Å². The maximum absolute atomic E-state index is 11.2. The van der Waals surface area contributed by atoms with Crippen molar-refractivity contribution in [2.45, 2.75) is 116 Å². The van der Waals surface area contributed by atoms with Gasteiger partial charge in [0.15, 0.2) is 17.4 Å². The Morgan fingerprint density at radius 3 is 1.54 bits per heavy atom. The van der Waals surface area contributed by atoms with Crippen LogP contribution in [0.15, 0.2) is 12.2 Å². The van der Waals surface area contributed by atoms with Crippen molar-refractivity contribution in [3.05, 3.63) is 12.2 Å². The fraction of sp³-hybridized carbons (Fsp3) is 0.818. The monoisotopic (exact) mass is 382 g/mol. The number of hydrogen-bond acceptors (Lipinski definition) is 2. The fourth-order valence-electron chi connectivity index (χ4n) is 3.03. The summed E-state index contributed by atoms with van der Waals surface area (Å²) in [5.41, 5.74) is 0. The van der Waals surface area contributed by atoms with E-state index in [1.807, 2.05) is 12.2 Å². The summed E-state index contributed by atoms with van der Waals surface area (Å²) >= 11 is 0. The normalized spacial score (nSPS) is 10.8. The molecule has 4 heteroatoms. The van der Waals surface area contributed by atoms with Crippen LogP contribution in [-0.4, -0.2) is 34.2 Å². The molecule has 0 saturated heterocycles. The van der Waals surface area contributed by atoms with Gasteiger partial charge in [0.1, 0.15) is 12.2 Å². The van der Waals surface area contributed by atoms with Crippen molar-refractivity contribution in [1.82, 2.24) is 0 Å². The van der Waals surface area contributed by atoms with Crippen LogP contribution in [0.3, 0.4) is 0 Å². The molecule has 0 radical (unpaired) electrons. The lowest BCUT2D eigenvalue weighted by molar-refractivity contribution is -0.140. The Morgan fingerprint density at radius 1 is 0.692 bits per heavy atom. The summed E-state index contributed by atoms with van der Waals surface area (Å²) in [6.45, 7) is 2.27. The van der Waals surface area contributed by atoms with Gasteiger partial charge in [0.25, 0.3) is 0 Å². The van der Waals surface area contributed by atoms with Gasteiger partial charge in [-0.2, -0.15) is 0 Å². The van der Waals surface area contributed by atoms with Gasteiger partial charge in [-0.15, -0.1) is 0 Å². The van der Waals surface area contributed by atoms with E-state index in [0.717, 1.165) is 6.42 Å². The molecular formula is C22H43AlO3. The number of allylic oxidation sites excluding steroid dienone is 2. The lowest BCUT2D eigenvalue weighted by atomic mass is 10.0. The molecule has 0 aliphatic carbocycles. The molecule has 0 unspecified atom stereocenters. The molecular weight excluding hydrogens is 339 g/mol. The molecule has 0 amide bonds. The predicted molar refractivity (Wildman–Crippen MR) is 116 cm³/mol. The van der Waals surface area contributed by atoms with Crippen molar-refractivity contribution in [1.29, 1.82) is 0 Å². The number of carbonyl (C=O) groups is 2. The maximum Gasteiger partial charge on any atom is 0.310 e. The summed E-state index contributed by atoms with van der Waals surface area (Å²) in [6, 6.07) is 0. The van der Waals surface area contributed by atoms with E-state index in [0.29, 0.717) is 0 Å². The van der Waals surface area contributed by atoms with Crippen LogP contribution in [0.5, 0.6) is 0 Å². The zero-order chi connectivity index (χ0) is 18.6. The molecule has 0 heterocycles. The average molecular weight is 383 g/mol. The number of unbranched alkanes of at least 4 members (excludes halogenated alkanes) is 14. The lowest BCUT2D eigenvalue weighted by Crippen LogP contribution is -2.04. The van der Waals surface area contributed by atoms with Gasteiger partial charge in [-0.05, 0) is 12.8 Å². The van der Waals surface area contributed by atoms with Crippen LogP contribution in [-0.2, 0) is 9.59 Å². The summed E-state index contributed by atoms with van der Waals surface area (Å²) in [6.07, 6.45) is 23.8. The smallest absolute Gasteiger partial charge is 0.310 e. The van der Waals surface area contributed by atoms with E-state index in [2.05, 4.69) is 6.92 Å².